The molecular weight excluding hydrogens is 508 g/mol. The molecule has 0 aromatic carbocycles. The molecule has 10 radical (unpaired) electrons. The van der Waals surface area contributed by atoms with E-state index in [1.165, 1.54) is 23.4 Å². The Labute approximate surface area is 180 Å². The molecule has 0 nitrogen and oxygen atoms in total. The fourth-order valence-corrected chi connectivity index (χ4v) is 0.642. The van der Waals surface area contributed by atoms with Crippen molar-refractivity contribution in [2.45, 2.75) is 6.92 Å². The summed E-state index contributed by atoms with van der Waals surface area (Å²) < 4.78 is 0. The SMILES string of the molecule is C/C([S-])=C/[S-].[CH]1[CH][CH][CH][CH]1.[CH]1[CH][CH][CH][CH]1.[Mo].[SH-].[SH-].[S]=[Mo]. The van der Waals surface area contributed by atoms with Gasteiger partial charge < -0.3 is 52.2 Å². The molecule has 0 atom stereocenters. The van der Waals surface area contributed by atoms with Crippen LogP contribution in [0.5, 0.6) is 0 Å². The molecule has 0 aromatic heterocycles. The topological polar surface area (TPSA) is 0 Å². The van der Waals surface area contributed by atoms with E-state index in [0.717, 1.165) is 4.91 Å². The van der Waals surface area contributed by atoms with Gasteiger partial charge in [-0.2, -0.15) is 0 Å². The third kappa shape index (κ3) is 37.1. The third-order valence-corrected chi connectivity index (χ3v) is 1.90. The van der Waals surface area contributed by atoms with Crippen LogP contribution in [0.1, 0.15) is 6.92 Å². The quantitative estimate of drug-likeness (QED) is 0.271. The van der Waals surface area contributed by atoms with Gasteiger partial charge in [0.2, 0.25) is 0 Å². The predicted octanol–water partition coefficient (Wildman–Crippen LogP) is 3.09. The van der Waals surface area contributed by atoms with Crippen LogP contribution in [0.4, 0.5) is 0 Å². The van der Waals surface area contributed by atoms with Crippen molar-refractivity contribution in [2.24, 2.45) is 0 Å². The Morgan fingerprint density at radius 3 is 0.950 bits per heavy atom. The zero-order chi connectivity index (χ0) is 13.4. The maximum absolute atomic E-state index is 4.54. The number of hydrogen-bond acceptors (Lipinski definition) is 5. The molecule has 0 unspecified atom stereocenters. The van der Waals surface area contributed by atoms with E-state index in [-0.39, 0.29) is 48.1 Å². The molecular formula is C13H16Mo2S5-4. The van der Waals surface area contributed by atoms with Gasteiger partial charge >= 0.3 is 27.8 Å². The van der Waals surface area contributed by atoms with Crippen molar-refractivity contribution >= 4 is 62.1 Å². The van der Waals surface area contributed by atoms with Crippen molar-refractivity contribution in [3.05, 3.63) is 74.5 Å². The van der Waals surface area contributed by atoms with E-state index in [2.05, 4.69) is 35.1 Å². The van der Waals surface area contributed by atoms with Gasteiger partial charge in [0.1, 0.15) is 0 Å². The maximum atomic E-state index is 4.54. The predicted molar refractivity (Wildman–Crippen MR) is 96.6 cm³/mol. The van der Waals surface area contributed by atoms with E-state index in [4.69, 9.17) is 0 Å². The molecule has 20 heavy (non-hydrogen) atoms. The molecule has 2 aliphatic carbocycles. The van der Waals surface area contributed by atoms with Crippen molar-refractivity contribution < 1.29 is 39.1 Å². The molecule has 114 valence electrons. The summed E-state index contributed by atoms with van der Waals surface area (Å²) in [6.45, 7) is 1.79. The van der Waals surface area contributed by atoms with Crippen LogP contribution in [0.2, 0.25) is 0 Å². The standard InChI is InChI=1S/2C5H5.C3H6S2.2Mo.2H2S.S/c2*1-2-4-5-3-1;1-3(5)2-4;;;;;/h2*1-5H;2,4-5H,1H3;;;2*1H2;/p-4/b;;3-2-;;;;;. The number of allylic oxidation sites excluding steroid dienone is 1. The summed E-state index contributed by atoms with van der Waals surface area (Å²) >= 11 is 10.5. The Hall–Kier alpha value is 2.48. The molecule has 0 aliphatic heterocycles. The average Bonchev–Trinajstić information content (AvgIpc) is 3.09. The Bertz CT molecular complexity index is 143. The van der Waals surface area contributed by atoms with Gasteiger partial charge in [0.15, 0.2) is 0 Å². The first kappa shape index (κ1) is 33.9. The zero-order valence-electron chi connectivity index (χ0n) is 10.8. The first-order valence-electron chi connectivity index (χ1n) is 4.73. The summed E-state index contributed by atoms with van der Waals surface area (Å²) in [6.07, 6.45) is 20.0. The van der Waals surface area contributed by atoms with Crippen LogP contribution >= 0.6 is 9.82 Å². The number of rotatable bonds is 0. The molecule has 0 saturated heterocycles. The first-order valence-corrected chi connectivity index (χ1v) is 8.40. The van der Waals surface area contributed by atoms with Gasteiger partial charge in [0.05, 0.1) is 0 Å². The Morgan fingerprint density at radius 2 is 0.900 bits per heavy atom. The zero-order valence-corrected chi connectivity index (χ0v) is 19.0. The second-order valence-electron chi connectivity index (χ2n) is 2.65. The van der Waals surface area contributed by atoms with Crippen molar-refractivity contribution in [1.29, 1.82) is 0 Å². The molecule has 0 spiro atoms. The monoisotopic (exact) mass is 528 g/mol. The molecule has 2 aliphatic rings. The summed E-state index contributed by atoms with van der Waals surface area (Å²) in [5, 5.41) is 1.48. The third-order valence-electron chi connectivity index (χ3n) is 1.28. The minimum atomic E-state index is 0. The van der Waals surface area contributed by atoms with Crippen LogP contribution in [0, 0.1) is 64.2 Å². The normalized spacial score (nSPS) is 15.2. The van der Waals surface area contributed by atoms with Gasteiger partial charge in [-0.25, -0.2) is 10.3 Å². The Balaban J connectivity index is -0.0000000494. The van der Waals surface area contributed by atoms with Gasteiger partial charge in [0.25, 0.3) is 0 Å². The van der Waals surface area contributed by atoms with Crippen LogP contribution in [0.3, 0.4) is 0 Å². The Morgan fingerprint density at radius 1 is 0.800 bits per heavy atom. The van der Waals surface area contributed by atoms with Crippen LogP contribution in [-0.2, 0) is 91.3 Å². The summed E-state index contributed by atoms with van der Waals surface area (Å²) in [5.74, 6) is 0. The van der Waals surface area contributed by atoms with Crippen LogP contribution < -0.4 is 0 Å². The van der Waals surface area contributed by atoms with Crippen molar-refractivity contribution in [1.82, 2.24) is 0 Å². The molecule has 2 saturated carbocycles. The van der Waals surface area contributed by atoms with Crippen molar-refractivity contribution in [3.63, 3.8) is 0 Å². The summed E-state index contributed by atoms with van der Waals surface area (Å²) in [6, 6.07) is 0. The average molecular weight is 524 g/mol. The first-order chi connectivity index (χ1) is 8.27. The summed E-state index contributed by atoms with van der Waals surface area (Å²) in [7, 11) is 4.09. The van der Waals surface area contributed by atoms with Gasteiger partial charge in [-0.3, -0.25) is 0 Å². The molecule has 0 bridgehead atoms. The van der Waals surface area contributed by atoms with E-state index in [9.17, 15) is 0 Å². The van der Waals surface area contributed by atoms with E-state index in [1.54, 1.807) is 6.92 Å². The second kappa shape index (κ2) is 33.2. The number of thiol groups is 2. The number of hydrogen-bond donors (Lipinski definition) is 0. The molecule has 0 heterocycles. The van der Waals surface area contributed by atoms with E-state index >= 15 is 0 Å². The summed E-state index contributed by atoms with van der Waals surface area (Å²) in [4.78, 5) is 0.778. The van der Waals surface area contributed by atoms with E-state index < -0.39 is 0 Å². The van der Waals surface area contributed by atoms with Gasteiger partial charge in [-0.05, 0) is 64.2 Å². The van der Waals surface area contributed by atoms with Crippen LogP contribution in [-0.4, -0.2) is 0 Å². The summed E-state index contributed by atoms with van der Waals surface area (Å²) in [5.41, 5.74) is 0. The van der Waals surface area contributed by atoms with E-state index in [0.29, 0.717) is 0 Å². The van der Waals surface area contributed by atoms with Gasteiger partial charge in [-0.1, -0.05) is 6.92 Å². The van der Waals surface area contributed by atoms with E-state index in [1.807, 2.05) is 64.2 Å². The van der Waals surface area contributed by atoms with Crippen molar-refractivity contribution in [2.75, 3.05) is 0 Å². The molecule has 2 fully saturated rings. The van der Waals surface area contributed by atoms with Gasteiger partial charge in [0, 0.05) is 21.1 Å². The molecule has 0 N–H and O–H groups in total. The fraction of sp³-hybridized carbons (Fsp3) is 0.0769. The molecule has 7 heteroatoms. The fourth-order valence-electron chi connectivity index (χ4n) is 0.642. The molecule has 0 amide bonds. The Kier molecular flexibility index (Phi) is 56.3. The van der Waals surface area contributed by atoms with Crippen molar-refractivity contribution in [3.8, 4) is 0 Å². The van der Waals surface area contributed by atoms with Gasteiger partial charge in [-0.15, -0.1) is 0 Å². The van der Waals surface area contributed by atoms with Crippen LogP contribution in [0.25, 0.3) is 0 Å². The van der Waals surface area contributed by atoms with Crippen LogP contribution in [0.15, 0.2) is 10.3 Å². The second-order valence-corrected chi connectivity index (χ2v) is 3.53. The minimum absolute atomic E-state index is 0. The molecule has 2 rings (SSSR count). The molecule has 0 aromatic rings.